The molecular weight excluding hydrogens is 222 g/mol. The van der Waals surface area contributed by atoms with Crippen LogP contribution in [0.1, 0.15) is 0 Å². The maximum Gasteiger partial charge on any atom is 0.293 e. The molecule has 2 heterocycles. The van der Waals surface area contributed by atoms with E-state index >= 15 is 0 Å². The first kappa shape index (κ1) is 9.66. The molecule has 3 aromatic rings. The monoisotopic (exact) mass is 234 g/mol. The van der Waals surface area contributed by atoms with Crippen LogP contribution in [0.2, 0.25) is 0 Å². The fraction of sp³-hybridized carbons (Fsp3) is 0.0625. The van der Waals surface area contributed by atoms with Crippen LogP contribution in [0.5, 0.6) is 5.75 Å². The van der Waals surface area contributed by atoms with Crippen LogP contribution in [0.15, 0.2) is 60.7 Å². The van der Waals surface area contributed by atoms with E-state index in [1.807, 2.05) is 18.2 Å². The van der Waals surface area contributed by atoms with E-state index in [9.17, 15) is 0 Å². The van der Waals surface area contributed by atoms with Gasteiger partial charge in [0.2, 0.25) is 5.69 Å². The van der Waals surface area contributed by atoms with Gasteiger partial charge in [0.25, 0.3) is 12.2 Å². The number of para-hydroxylation sites is 1. The predicted octanol–water partition coefficient (Wildman–Crippen LogP) is 3.14. The van der Waals surface area contributed by atoms with Crippen molar-refractivity contribution in [3.8, 4) is 17.0 Å². The molecule has 0 unspecified atom stereocenters. The molecule has 0 amide bonds. The largest absolute Gasteiger partial charge is 0.429 e. The fourth-order valence-electron chi connectivity index (χ4n) is 2.59. The Morgan fingerprint density at radius 3 is 2.61 bits per heavy atom. The molecule has 0 saturated carbocycles. The molecule has 0 N–H and O–H groups in total. The van der Waals surface area contributed by atoms with Gasteiger partial charge in [-0.15, -0.1) is 0 Å². The first-order valence-electron chi connectivity index (χ1n) is 6.07. The maximum atomic E-state index is 5.74. The molecule has 0 bridgehead atoms. The standard InChI is InChI=1S/C16H12NO/c1-2-5-12(6-3-1)14-10-9-13-7-4-8-15-16(13)17(14)11-18-15/h1-10H,11H2/q+1. The lowest BCUT2D eigenvalue weighted by Crippen LogP contribution is -2.35. The Morgan fingerprint density at radius 1 is 0.833 bits per heavy atom. The van der Waals surface area contributed by atoms with Crippen molar-refractivity contribution in [3.63, 3.8) is 0 Å². The highest BCUT2D eigenvalue weighted by atomic mass is 16.5. The van der Waals surface area contributed by atoms with Gasteiger partial charge in [0.15, 0.2) is 5.75 Å². The van der Waals surface area contributed by atoms with Gasteiger partial charge in [-0.1, -0.05) is 24.3 Å². The molecule has 1 aliphatic heterocycles. The smallest absolute Gasteiger partial charge is 0.293 e. The van der Waals surface area contributed by atoms with E-state index in [2.05, 4.69) is 47.0 Å². The minimum atomic E-state index is 0.598. The molecule has 2 aromatic carbocycles. The highest BCUT2D eigenvalue weighted by Gasteiger charge is 2.26. The molecule has 0 spiro atoms. The maximum absolute atomic E-state index is 5.74. The summed E-state index contributed by atoms with van der Waals surface area (Å²) in [5, 5.41) is 1.23. The fourth-order valence-corrected chi connectivity index (χ4v) is 2.59. The van der Waals surface area contributed by atoms with Crippen LogP contribution in [0, 0.1) is 0 Å². The Labute approximate surface area is 105 Å². The second-order valence-electron chi connectivity index (χ2n) is 4.48. The highest BCUT2D eigenvalue weighted by Crippen LogP contribution is 2.29. The highest BCUT2D eigenvalue weighted by molar-refractivity contribution is 5.83. The molecule has 1 aliphatic rings. The molecule has 0 fully saturated rings. The molecule has 0 aliphatic carbocycles. The Kier molecular flexibility index (Phi) is 1.92. The lowest BCUT2D eigenvalue weighted by Gasteiger charge is -2.00. The van der Waals surface area contributed by atoms with E-state index in [0.29, 0.717) is 6.73 Å². The number of pyridine rings is 1. The first-order valence-corrected chi connectivity index (χ1v) is 6.07. The van der Waals surface area contributed by atoms with Crippen LogP contribution in [0.25, 0.3) is 22.2 Å². The van der Waals surface area contributed by atoms with E-state index < -0.39 is 0 Å². The zero-order chi connectivity index (χ0) is 11.9. The van der Waals surface area contributed by atoms with Crippen molar-refractivity contribution in [1.82, 2.24) is 0 Å². The minimum Gasteiger partial charge on any atom is -0.429 e. The minimum absolute atomic E-state index is 0.598. The summed E-state index contributed by atoms with van der Waals surface area (Å²) in [6.07, 6.45) is 0. The number of hydrogen-bond acceptors (Lipinski definition) is 1. The summed E-state index contributed by atoms with van der Waals surface area (Å²) >= 11 is 0. The number of hydrogen-bond donors (Lipinski definition) is 0. The van der Waals surface area contributed by atoms with Gasteiger partial charge in [0, 0.05) is 11.6 Å². The van der Waals surface area contributed by atoms with E-state index in [4.69, 9.17) is 4.74 Å². The Morgan fingerprint density at radius 2 is 1.72 bits per heavy atom. The van der Waals surface area contributed by atoms with E-state index in [0.717, 1.165) is 5.75 Å². The molecule has 0 saturated heterocycles. The zero-order valence-electron chi connectivity index (χ0n) is 9.84. The number of aromatic nitrogens is 1. The molecule has 0 atom stereocenters. The van der Waals surface area contributed by atoms with Crippen LogP contribution < -0.4 is 9.30 Å². The third kappa shape index (κ3) is 1.26. The van der Waals surface area contributed by atoms with Crippen molar-refractivity contribution in [2.75, 3.05) is 0 Å². The first-order chi connectivity index (χ1) is 8.93. The van der Waals surface area contributed by atoms with Gasteiger partial charge >= 0.3 is 0 Å². The van der Waals surface area contributed by atoms with Crippen LogP contribution in [0.3, 0.4) is 0 Å². The Bertz CT molecular complexity index is 735. The van der Waals surface area contributed by atoms with Gasteiger partial charge in [-0.3, -0.25) is 0 Å². The summed E-state index contributed by atoms with van der Waals surface area (Å²) in [6, 6.07) is 20.9. The Hall–Kier alpha value is -2.35. The van der Waals surface area contributed by atoms with Crippen LogP contribution in [-0.4, -0.2) is 0 Å². The summed E-state index contributed by atoms with van der Waals surface area (Å²) < 4.78 is 7.98. The summed E-state index contributed by atoms with van der Waals surface area (Å²) in [5.41, 5.74) is 3.62. The molecule has 18 heavy (non-hydrogen) atoms. The van der Waals surface area contributed by atoms with Crippen molar-refractivity contribution in [2.45, 2.75) is 6.73 Å². The molecule has 2 nitrogen and oxygen atoms in total. The van der Waals surface area contributed by atoms with Crippen LogP contribution in [0.4, 0.5) is 0 Å². The second-order valence-corrected chi connectivity index (χ2v) is 4.48. The average Bonchev–Trinajstić information content (AvgIpc) is 2.87. The molecule has 86 valence electrons. The van der Waals surface area contributed by atoms with Gasteiger partial charge in [0.05, 0.1) is 5.39 Å². The van der Waals surface area contributed by atoms with Crippen molar-refractivity contribution in [2.24, 2.45) is 0 Å². The molecule has 0 radical (unpaired) electrons. The number of benzene rings is 2. The third-order valence-corrected chi connectivity index (χ3v) is 3.43. The van der Waals surface area contributed by atoms with Gasteiger partial charge < -0.3 is 4.74 Å². The second kappa shape index (κ2) is 3.57. The molecule has 2 heteroatoms. The summed E-state index contributed by atoms with van der Waals surface area (Å²) in [4.78, 5) is 0. The van der Waals surface area contributed by atoms with Gasteiger partial charge in [-0.2, -0.15) is 4.57 Å². The van der Waals surface area contributed by atoms with E-state index in [-0.39, 0.29) is 0 Å². The number of rotatable bonds is 1. The third-order valence-electron chi connectivity index (χ3n) is 3.43. The van der Waals surface area contributed by atoms with Crippen molar-refractivity contribution >= 4 is 10.9 Å². The number of nitrogens with zero attached hydrogens (tertiary/aromatic N) is 1. The van der Waals surface area contributed by atoms with Gasteiger partial charge in [0.1, 0.15) is 0 Å². The van der Waals surface area contributed by atoms with Gasteiger partial charge in [-0.05, 0) is 30.3 Å². The van der Waals surface area contributed by atoms with Crippen molar-refractivity contribution < 1.29 is 9.30 Å². The zero-order valence-corrected chi connectivity index (χ0v) is 9.84. The lowest BCUT2D eigenvalue weighted by atomic mass is 10.1. The molecular formula is C16H12NO+. The normalized spacial score (nSPS) is 12.7. The van der Waals surface area contributed by atoms with Gasteiger partial charge in [-0.25, -0.2) is 0 Å². The molecule has 4 rings (SSSR count). The predicted molar refractivity (Wildman–Crippen MR) is 70.2 cm³/mol. The van der Waals surface area contributed by atoms with E-state index in [1.54, 1.807) is 0 Å². The summed E-state index contributed by atoms with van der Waals surface area (Å²) in [5.74, 6) is 0.977. The van der Waals surface area contributed by atoms with Crippen molar-refractivity contribution in [3.05, 3.63) is 60.7 Å². The molecule has 1 aromatic heterocycles. The summed E-state index contributed by atoms with van der Waals surface area (Å²) in [6.45, 7) is 0.598. The SMILES string of the molecule is c1ccc(-c2ccc3cccc4c3[n+]2CO4)cc1. The average molecular weight is 234 g/mol. The van der Waals surface area contributed by atoms with Crippen LogP contribution in [-0.2, 0) is 6.73 Å². The number of ether oxygens (including phenoxy) is 1. The van der Waals surface area contributed by atoms with Crippen LogP contribution >= 0.6 is 0 Å². The quantitative estimate of drug-likeness (QED) is 0.589. The summed E-state index contributed by atoms with van der Waals surface area (Å²) in [7, 11) is 0. The lowest BCUT2D eigenvalue weighted by molar-refractivity contribution is -0.678. The topological polar surface area (TPSA) is 13.1 Å². The van der Waals surface area contributed by atoms with E-state index in [1.165, 1.54) is 22.2 Å². The van der Waals surface area contributed by atoms with Crippen molar-refractivity contribution in [1.29, 1.82) is 0 Å². The Balaban J connectivity index is 2.07.